The third-order valence-corrected chi connectivity index (χ3v) is 2.18. The van der Waals surface area contributed by atoms with Gasteiger partial charge in [0.05, 0.1) is 13.7 Å². The molecule has 4 heteroatoms. The zero-order valence-electron chi connectivity index (χ0n) is 9.62. The number of hydrogen-bond donors (Lipinski definition) is 0. The molecule has 88 valence electrons. The molecule has 0 aliphatic rings. The molecule has 0 amide bonds. The molecule has 1 aromatic carbocycles. The minimum absolute atomic E-state index is 0.399. The van der Waals surface area contributed by atoms with E-state index in [0.717, 1.165) is 0 Å². The summed E-state index contributed by atoms with van der Waals surface area (Å²) in [6, 6.07) is 4.88. The predicted molar refractivity (Wildman–Crippen MR) is 63.5 cm³/mol. The fraction of sp³-hybridized carbons (Fsp3) is 0.417. The van der Waals surface area contributed by atoms with Crippen LogP contribution in [-0.2, 0) is 0 Å². The van der Waals surface area contributed by atoms with Gasteiger partial charge in [0.15, 0.2) is 11.5 Å². The lowest BCUT2D eigenvalue weighted by molar-refractivity contribution is 0.108. The predicted octanol–water partition coefficient (Wildman–Crippen LogP) is 3.11. The Balaban J connectivity index is 2.89. The standard InChI is InChI=1S/C12H15ClO3/c1-8(2)7-16-10-5-4-9(12(13)14)6-11(10)15-3/h4-6,8H,7H2,1-3H3. The van der Waals surface area contributed by atoms with E-state index < -0.39 is 5.24 Å². The van der Waals surface area contributed by atoms with Gasteiger partial charge in [-0.25, -0.2) is 0 Å². The summed E-state index contributed by atoms with van der Waals surface area (Å²) in [4.78, 5) is 11.0. The molecule has 1 rings (SSSR count). The molecule has 0 heterocycles. The number of methoxy groups -OCH3 is 1. The molecule has 0 N–H and O–H groups in total. The molecule has 0 fully saturated rings. The Kier molecular flexibility index (Phi) is 4.62. The minimum Gasteiger partial charge on any atom is -0.493 e. The summed E-state index contributed by atoms with van der Waals surface area (Å²) in [5.74, 6) is 1.57. The van der Waals surface area contributed by atoms with Crippen LogP contribution in [0.5, 0.6) is 11.5 Å². The Morgan fingerprint density at radius 1 is 1.38 bits per heavy atom. The van der Waals surface area contributed by atoms with Gasteiger partial charge in [-0.05, 0) is 35.7 Å². The molecule has 0 unspecified atom stereocenters. The average molecular weight is 243 g/mol. The Labute approximate surface area is 100 Å². The molecule has 3 nitrogen and oxygen atoms in total. The normalized spacial score (nSPS) is 10.3. The number of benzene rings is 1. The highest BCUT2D eigenvalue weighted by Crippen LogP contribution is 2.28. The second kappa shape index (κ2) is 5.75. The average Bonchev–Trinajstić information content (AvgIpc) is 2.25. The van der Waals surface area contributed by atoms with E-state index >= 15 is 0 Å². The third-order valence-electron chi connectivity index (χ3n) is 1.96. The lowest BCUT2D eigenvalue weighted by Gasteiger charge is -2.12. The first kappa shape index (κ1) is 12.8. The van der Waals surface area contributed by atoms with E-state index in [1.165, 1.54) is 7.11 Å². The van der Waals surface area contributed by atoms with Gasteiger partial charge in [0.2, 0.25) is 0 Å². The van der Waals surface area contributed by atoms with Gasteiger partial charge in [0, 0.05) is 5.56 Å². The van der Waals surface area contributed by atoms with Crippen molar-refractivity contribution in [2.75, 3.05) is 13.7 Å². The molecule has 0 atom stereocenters. The van der Waals surface area contributed by atoms with Gasteiger partial charge in [-0.2, -0.15) is 0 Å². The number of carbonyl (C=O) groups is 1. The van der Waals surface area contributed by atoms with Gasteiger partial charge in [-0.15, -0.1) is 0 Å². The maximum atomic E-state index is 11.0. The van der Waals surface area contributed by atoms with Crippen molar-refractivity contribution in [2.24, 2.45) is 5.92 Å². The van der Waals surface area contributed by atoms with Gasteiger partial charge in [0.1, 0.15) is 0 Å². The van der Waals surface area contributed by atoms with E-state index in [-0.39, 0.29) is 0 Å². The number of ether oxygens (including phenoxy) is 2. The van der Waals surface area contributed by atoms with Crippen LogP contribution in [0.3, 0.4) is 0 Å². The molecule has 0 bridgehead atoms. The summed E-state index contributed by atoms with van der Waals surface area (Å²) in [5, 5.41) is -0.506. The quantitative estimate of drug-likeness (QED) is 0.745. The fourth-order valence-electron chi connectivity index (χ4n) is 1.17. The Morgan fingerprint density at radius 2 is 2.06 bits per heavy atom. The van der Waals surface area contributed by atoms with Gasteiger partial charge >= 0.3 is 0 Å². The van der Waals surface area contributed by atoms with Crippen LogP contribution in [0.15, 0.2) is 18.2 Å². The third kappa shape index (κ3) is 3.42. The van der Waals surface area contributed by atoms with E-state index in [0.29, 0.717) is 29.6 Å². The van der Waals surface area contributed by atoms with Crippen LogP contribution in [0.1, 0.15) is 24.2 Å². The van der Waals surface area contributed by atoms with Crippen molar-refractivity contribution in [1.29, 1.82) is 0 Å². The molecule has 0 aliphatic heterocycles. The Bertz CT molecular complexity index is 375. The highest BCUT2D eigenvalue weighted by atomic mass is 35.5. The SMILES string of the molecule is COc1cc(C(=O)Cl)ccc1OCC(C)C. The highest BCUT2D eigenvalue weighted by molar-refractivity contribution is 6.67. The Hall–Kier alpha value is -1.22. The summed E-state index contributed by atoms with van der Waals surface area (Å²) in [5.41, 5.74) is 0.399. The molecule has 0 radical (unpaired) electrons. The van der Waals surface area contributed by atoms with E-state index in [1.807, 2.05) is 0 Å². The van der Waals surface area contributed by atoms with Crippen molar-refractivity contribution >= 4 is 16.8 Å². The van der Waals surface area contributed by atoms with E-state index in [9.17, 15) is 4.79 Å². The van der Waals surface area contributed by atoms with Crippen LogP contribution >= 0.6 is 11.6 Å². The van der Waals surface area contributed by atoms with Crippen LogP contribution in [0.25, 0.3) is 0 Å². The van der Waals surface area contributed by atoms with Crippen LogP contribution in [0.4, 0.5) is 0 Å². The Morgan fingerprint density at radius 3 is 2.56 bits per heavy atom. The molecule has 16 heavy (non-hydrogen) atoms. The van der Waals surface area contributed by atoms with Crippen molar-refractivity contribution in [2.45, 2.75) is 13.8 Å². The lowest BCUT2D eigenvalue weighted by atomic mass is 10.2. The van der Waals surface area contributed by atoms with Gasteiger partial charge in [-0.1, -0.05) is 13.8 Å². The summed E-state index contributed by atoms with van der Waals surface area (Å²) in [6.45, 7) is 4.72. The maximum Gasteiger partial charge on any atom is 0.252 e. The van der Waals surface area contributed by atoms with Crippen molar-refractivity contribution in [1.82, 2.24) is 0 Å². The van der Waals surface area contributed by atoms with Crippen molar-refractivity contribution in [3.8, 4) is 11.5 Å². The van der Waals surface area contributed by atoms with Crippen molar-refractivity contribution < 1.29 is 14.3 Å². The fourth-order valence-corrected chi connectivity index (χ4v) is 1.28. The zero-order chi connectivity index (χ0) is 12.1. The van der Waals surface area contributed by atoms with E-state index in [4.69, 9.17) is 21.1 Å². The minimum atomic E-state index is -0.506. The summed E-state index contributed by atoms with van der Waals surface area (Å²) < 4.78 is 10.7. The number of carbonyl (C=O) groups excluding carboxylic acids is 1. The molecule has 0 aromatic heterocycles. The molecule has 0 saturated heterocycles. The van der Waals surface area contributed by atoms with Crippen molar-refractivity contribution in [3.63, 3.8) is 0 Å². The molecule has 1 aromatic rings. The van der Waals surface area contributed by atoms with E-state index in [2.05, 4.69) is 13.8 Å². The van der Waals surface area contributed by atoms with Gasteiger partial charge in [-0.3, -0.25) is 4.79 Å². The van der Waals surface area contributed by atoms with Crippen LogP contribution in [-0.4, -0.2) is 19.0 Å². The topological polar surface area (TPSA) is 35.5 Å². The second-order valence-electron chi connectivity index (χ2n) is 3.84. The molecular formula is C12H15ClO3. The van der Waals surface area contributed by atoms with Gasteiger partial charge in [0.25, 0.3) is 5.24 Å². The molecular weight excluding hydrogens is 228 g/mol. The first-order chi connectivity index (χ1) is 7.54. The number of rotatable bonds is 5. The zero-order valence-corrected chi connectivity index (χ0v) is 10.4. The summed E-state index contributed by atoms with van der Waals surface area (Å²) in [7, 11) is 1.53. The highest BCUT2D eigenvalue weighted by Gasteiger charge is 2.09. The number of hydrogen-bond acceptors (Lipinski definition) is 3. The van der Waals surface area contributed by atoms with Crippen LogP contribution in [0, 0.1) is 5.92 Å². The summed E-state index contributed by atoms with van der Waals surface area (Å²) in [6.07, 6.45) is 0. The first-order valence-electron chi connectivity index (χ1n) is 5.05. The molecule has 0 saturated carbocycles. The van der Waals surface area contributed by atoms with Crippen LogP contribution < -0.4 is 9.47 Å². The second-order valence-corrected chi connectivity index (χ2v) is 4.19. The first-order valence-corrected chi connectivity index (χ1v) is 5.43. The molecule has 0 aliphatic carbocycles. The van der Waals surface area contributed by atoms with Crippen LogP contribution in [0.2, 0.25) is 0 Å². The van der Waals surface area contributed by atoms with E-state index in [1.54, 1.807) is 18.2 Å². The number of halogens is 1. The monoisotopic (exact) mass is 242 g/mol. The van der Waals surface area contributed by atoms with Crippen molar-refractivity contribution in [3.05, 3.63) is 23.8 Å². The lowest BCUT2D eigenvalue weighted by Crippen LogP contribution is -2.05. The molecule has 0 spiro atoms. The van der Waals surface area contributed by atoms with Gasteiger partial charge < -0.3 is 9.47 Å². The smallest absolute Gasteiger partial charge is 0.252 e. The maximum absolute atomic E-state index is 11.0. The summed E-state index contributed by atoms with van der Waals surface area (Å²) >= 11 is 5.38. The largest absolute Gasteiger partial charge is 0.493 e.